The van der Waals surface area contributed by atoms with Crippen LogP contribution in [0.1, 0.15) is 41.8 Å². The van der Waals surface area contributed by atoms with Crippen LogP contribution in [0, 0.1) is 12.8 Å². The Balaban J connectivity index is 1.29. The van der Waals surface area contributed by atoms with Crippen molar-refractivity contribution in [1.29, 1.82) is 0 Å². The summed E-state index contributed by atoms with van der Waals surface area (Å²) in [4.78, 5) is 34.5. The lowest BCUT2D eigenvalue weighted by molar-refractivity contribution is -0.139. The summed E-state index contributed by atoms with van der Waals surface area (Å²) in [5, 5.41) is 0. The molecule has 1 aromatic heterocycles. The van der Waals surface area contributed by atoms with Gasteiger partial charge < -0.3 is 19.1 Å². The number of hydrogen-bond acceptors (Lipinski definition) is 5. The van der Waals surface area contributed by atoms with Crippen LogP contribution in [-0.4, -0.2) is 96.9 Å². The van der Waals surface area contributed by atoms with Gasteiger partial charge in [0.05, 0.1) is 17.7 Å². The standard InChI is InChI=1S/C22H34N4O3/c1-17-20(7-15-29-17)22(28)24-9-5-19(6-10-24)26-8-3-4-18(16-26)21(27)25-13-11-23(2)12-14-25/h7,15,18-19H,3-6,8-14,16H2,1-2H3. The van der Waals surface area contributed by atoms with Gasteiger partial charge >= 0.3 is 0 Å². The van der Waals surface area contributed by atoms with Gasteiger partial charge in [-0.2, -0.15) is 0 Å². The van der Waals surface area contributed by atoms with Gasteiger partial charge in [0.2, 0.25) is 5.91 Å². The molecule has 7 heteroatoms. The van der Waals surface area contributed by atoms with Gasteiger partial charge in [-0.15, -0.1) is 0 Å². The van der Waals surface area contributed by atoms with Crippen LogP contribution in [0.2, 0.25) is 0 Å². The van der Waals surface area contributed by atoms with E-state index < -0.39 is 0 Å². The van der Waals surface area contributed by atoms with E-state index in [1.165, 1.54) is 0 Å². The van der Waals surface area contributed by atoms with E-state index in [4.69, 9.17) is 4.42 Å². The number of rotatable bonds is 3. The maximum atomic E-state index is 13.0. The molecular formula is C22H34N4O3. The zero-order valence-corrected chi connectivity index (χ0v) is 17.8. The van der Waals surface area contributed by atoms with E-state index in [0.717, 1.165) is 78.0 Å². The second kappa shape index (κ2) is 8.88. The Morgan fingerprint density at radius 1 is 0.966 bits per heavy atom. The summed E-state index contributed by atoms with van der Waals surface area (Å²) in [6.07, 6.45) is 5.66. The Kier molecular flexibility index (Phi) is 6.25. The summed E-state index contributed by atoms with van der Waals surface area (Å²) in [5.74, 6) is 1.26. The summed E-state index contributed by atoms with van der Waals surface area (Å²) in [7, 11) is 2.12. The molecule has 0 N–H and O–H groups in total. The topological polar surface area (TPSA) is 60.2 Å². The second-order valence-corrected chi connectivity index (χ2v) is 8.88. The van der Waals surface area contributed by atoms with Crippen LogP contribution in [0.25, 0.3) is 0 Å². The SMILES string of the molecule is Cc1occc1C(=O)N1CCC(N2CCCC(C(=O)N3CCN(C)CC3)C2)CC1. The highest BCUT2D eigenvalue weighted by Crippen LogP contribution is 2.26. The largest absolute Gasteiger partial charge is 0.469 e. The van der Waals surface area contributed by atoms with Crippen molar-refractivity contribution in [1.82, 2.24) is 19.6 Å². The monoisotopic (exact) mass is 402 g/mol. The highest BCUT2D eigenvalue weighted by molar-refractivity contribution is 5.95. The van der Waals surface area contributed by atoms with Crippen molar-refractivity contribution in [3.8, 4) is 0 Å². The fourth-order valence-corrected chi connectivity index (χ4v) is 5.04. The van der Waals surface area contributed by atoms with Gasteiger partial charge in [0.15, 0.2) is 0 Å². The minimum absolute atomic E-state index is 0.0801. The van der Waals surface area contributed by atoms with Crippen molar-refractivity contribution in [2.75, 3.05) is 59.4 Å². The minimum atomic E-state index is 0.0801. The molecule has 29 heavy (non-hydrogen) atoms. The third-order valence-corrected chi connectivity index (χ3v) is 6.97. The Hall–Kier alpha value is -1.86. The molecule has 7 nitrogen and oxygen atoms in total. The number of likely N-dealkylation sites (tertiary alicyclic amines) is 2. The van der Waals surface area contributed by atoms with Gasteiger partial charge in [-0.05, 0) is 52.3 Å². The van der Waals surface area contributed by atoms with E-state index in [9.17, 15) is 9.59 Å². The quantitative estimate of drug-likeness (QED) is 0.770. The number of carbonyl (C=O) groups is 2. The molecule has 3 aliphatic rings. The van der Waals surface area contributed by atoms with Crippen LogP contribution in [0.4, 0.5) is 0 Å². The molecule has 0 aromatic carbocycles. The zero-order valence-electron chi connectivity index (χ0n) is 17.8. The molecule has 0 saturated carbocycles. The van der Waals surface area contributed by atoms with E-state index in [2.05, 4.69) is 21.7 Å². The van der Waals surface area contributed by atoms with Crippen LogP contribution >= 0.6 is 0 Å². The molecule has 0 bridgehead atoms. The van der Waals surface area contributed by atoms with Crippen molar-refractivity contribution in [3.63, 3.8) is 0 Å². The number of likely N-dealkylation sites (N-methyl/N-ethyl adjacent to an activating group) is 1. The molecule has 160 valence electrons. The van der Waals surface area contributed by atoms with Gasteiger partial charge in [0.25, 0.3) is 5.91 Å². The number of aryl methyl sites for hydroxylation is 1. The lowest BCUT2D eigenvalue weighted by Gasteiger charge is -2.43. The number of carbonyl (C=O) groups excluding carboxylic acids is 2. The van der Waals surface area contributed by atoms with Gasteiger partial charge in [0.1, 0.15) is 5.76 Å². The third-order valence-electron chi connectivity index (χ3n) is 6.97. The molecule has 4 heterocycles. The van der Waals surface area contributed by atoms with Crippen LogP contribution in [-0.2, 0) is 4.79 Å². The average molecular weight is 403 g/mol. The van der Waals surface area contributed by atoms with E-state index in [-0.39, 0.29) is 11.8 Å². The van der Waals surface area contributed by atoms with Gasteiger partial charge in [0, 0.05) is 51.9 Å². The highest BCUT2D eigenvalue weighted by atomic mass is 16.3. The molecule has 0 aliphatic carbocycles. The number of piperidine rings is 2. The van der Waals surface area contributed by atoms with E-state index in [0.29, 0.717) is 23.3 Å². The van der Waals surface area contributed by atoms with E-state index in [1.807, 2.05) is 11.8 Å². The second-order valence-electron chi connectivity index (χ2n) is 8.88. The number of piperazine rings is 1. The van der Waals surface area contributed by atoms with Crippen LogP contribution < -0.4 is 0 Å². The van der Waals surface area contributed by atoms with Crippen molar-refractivity contribution < 1.29 is 14.0 Å². The Bertz CT molecular complexity index is 717. The normalized spacial score (nSPS) is 25.4. The molecule has 0 radical (unpaired) electrons. The molecule has 1 unspecified atom stereocenters. The number of amides is 2. The van der Waals surface area contributed by atoms with E-state index >= 15 is 0 Å². The van der Waals surface area contributed by atoms with Gasteiger partial charge in [-0.25, -0.2) is 0 Å². The Morgan fingerprint density at radius 3 is 2.34 bits per heavy atom. The molecule has 3 fully saturated rings. The molecule has 1 atom stereocenters. The summed E-state index contributed by atoms with van der Waals surface area (Å²) in [5.41, 5.74) is 0.680. The zero-order chi connectivity index (χ0) is 20.4. The fraction of sp³-hybridized carbons (Fsp3) is 0.727. The molecule has 0 spiro atoms. The smallest absolute Gasteiger partial charge is 0.257 e. The highest BCUT2D eigenvalue weighted by Gasteiger charge is 2.35. The summed E-state index contributed by atoms with van der Waals surface area (Å²) >= 11 is 0. The van der Waals surface area contributed by atoms with Crippen molar-refractivity contribution in [2.24, 2.45) is 5.92 Å². The third kappa shape index (κ3) is 4.51. The van der Waals surface area contributed by atoms with Gasteiger partial charge in [-0.3, -0.25) is 14.5 Å². The minimum Gasteiger partial charge on any atom is -0.469 e. The molecule has 1 aromatic rings. The van der Waals surface area contributed by atoms with Crippen LogP contribution in [0.5, 0.6) is 0 Å². The molecule has 2 amide bonds. The van der Waals surface area contributed by atoms with Crippen molar-refractivity contribution in [2.45, 2.75) is 38.6 Å². The van der Waals surface area contributed by atoms with E-state index in [1.54, 1.807) is 12.3 Å². The summed E-state index contributed by atoms with van der Waals surface area (Å²) in [6.45, 7) is 9.03. The number of hydrogen-bond donors (Lipinski definition) is 0. The average Bonchev–Trinajstić information content (AvgIpc) is 3.19. The van der Waals surface area contributed by atoms with Crippen LogP contribution in [0.3, 0.4) is 0 Å². The maximum Gasteiger partial charge on any atom is 0.257 e. The Morgan fingerprint density at radius 2 is 1.69 bits per heavy atom. The van der Waals surface area contributed by atoms with Crippen LogP contribution in [0.15, 0.2) is 16.7 Å². The summed E-state index contributed by atoms with van der Waals surface area (Å²) < 4.78 is 5.29. The Labute approximate surface area is 173 Å². The molecular weight excluding hydrogens is 368 g/mol. The van der Waals surface area contributed by atoms with Crippen molar-refractivity contribution >= 4 is 11.8 Å². The first-order chi connectivity index (χ1) is 14.0. The van der Waals surface area contributed by atoms with Gasteiger partial charge in [-0.1, -0.05) is 0 Å². The van der Waals surface area contributed by atoms with Crippen molar-refractivity contribution in [3.05, 3.63) is 23.7 Å². The summed E-state index contributed by atoms with van der Waals surface area (Å²) in [6, 6.07) is 2.25. The molecule has 4 rings (SSSR count). The first kappa shape index (κ1) is 20.4. The maximum absolute atomic E-state index is 13.0. The first-order valence-electron chi connectivity index (χ1n) is 11.1. The predicted octanol–water partition coefficient (Wildman–Crippen LogP) is 1.68. The fourth-order valence-electron chi connectivity index (χ4n) is 5.04. The number of nitrogens with zero attached hydrogens (tertiary/aromatic N) is 4. The first-order valence-corrected chi connectivity index (χ1v) is 11.1. The molecule has 3 saturated heterocycles. The molecule has 3 aliphatic heterocycles. The lowest BCUT2D eigenvalue weighted by Crippen LogP contribution is -2.54. The number of furan rings is 1. The lowest BCUT2D eigenvalue weighted by atomic mass is 9.92. The predicted molar refractivity (Wildman–Crippen MR) is 111 cm³/mol.